The monoisotopic (exact) mass is 365 g/mol. The molecule has 0 radical (unpaired) electrons. The number of aliphatic imine (C=N–C) groups is 1. The molecule has 26 heavy (non-hydrogen) atoms. The Labute approximate surface area is 157 Å². The molecule has 1 fully saturated rings. The van der Waals surface area contributed by atoms with Gasteiger partial charge in [-0.3, -0.25) is 9.67 Å². The molecule has 0 bridgehead atoms. The van der Waals surface area contributed by atoms with Crippen LogP contribution in [-0.4, -0.2) is 61.8 Å². The minimum absolute atomic E-state index is 0.676. The van der Waals surface area contributed by atoms with Gasteiger partial charge in [-0.25, -0.2) is 0 Å². The van der Waals surface area contributed by atoms with Crippen LogP contribution in [0, 0.1) is 5.92 Å². The molecule has 2 heterocycles. The van der Waals surface area contributed by atoms with Crippen molar-refractivity contribution in [2.24, 2.45) is 18.0 Å². The number of nitrogens with one attached hydrogen (secondary N) is 2. The van der Waals surface area contributed by atoms with E-state index >= 15 is 0 Å². The second-order valence-electron chi connectivity index (χ2n) is 6.80. The van der Waals surface area contributed by atoms with E-state index in [1.807, 2.05) is 17.9 Å². The molecule has 0 saturated carbocycles. The van der Waals surface area contributed by atoms with E-state index in [1.54, 1.807) is 0 Å². The van der Waals surface area contributed by atoms with Gasteiger partial charge in [0.25, 0.3) is 0 Å². The highest BCUT2D eigenvalue weighted by Gasteiger charge is 2.13. The van der Waals surface area contributed by atoms with Gasteiger partial charge in [-0.15, -0.1) is 0 Å². The third-order valence-corrected chi connectivity index (χ3v) is 4.45. The van der Waals surface area contributed by atoms with Gasteiger partial charge in [-0.05, 0) is 50.5 Å². The van der Waals surface area contributed by atoms with Gasteiger partial charge >= 0.3 is 0 Å². The SMILES string of the molecule is CCNC(=NCCCc1cnn(C)c1)NCCCOCC1CCOCC1. The summed E-state index contributed by atoms with van der Waals surface area (Å²) in [7, 11) is 1.95. The van der Waals surface area contributed by atoms with Gasteiger partial charge in [-0.1, -0.05) is 0 Å². The van der Waals surface area contributed by atoms with E-state index in [0.29, 0.717) is 5.92 Å². The summed E-state index contributed by atoms with van der Waals surface area (Å²) in [5.74, 6) is 1.57. The van der Waals surface area contributed by atoms with Crippen LogP contribution in [0.15, 0.2) is 17.4 Å². The summed E-state index contributed by atoms with van der Waals surface area (Å²) in [6.07, 6.45) is 9.28. The molecule has 2 N–H and O–H groups in total. The van der Waals surface area contributed by atoms with Crippen molar-refractivity contribution < 1.29 is 9.47 Å². The molecule has 7 nitrogen and oxygen atoms in total. The number of guanidine groups is 1. The molecular formula is C19H35N5O2. The molecule has 0 atom stereocenters. The zero-order valence-electron chi connectivity index (χ0n) is 16.4. The van der Waals surface area contributed by atoms with Gasteiger partial charge in [0, 0.05) is 59.3 Å². The predicted molar refractivity (Wildman–Crippen MR) is 104 cm³/mol. The Balaban J connectivity index is 1.53. The number of aromatic nitrogens is 2. The van der Waals surface area contributed by atoms with Crippen molar-refractivity contribution in [2.75, 3.05) is 46.1 Å². The van der Waals surface area contributed by atoms with Crippen molar-refractivity contribution in [1.82, 2.24) is 20.4 Å². The first kappa shape index (κ1) is 20.7. The standard InChI is InChI=1S/C19H35N5O2/c1-3-20-19(21-9-4-6-18-14-23-24(2)15-18)22-10-5-11-26-16-17-7-12-25-13-8-17/h14-15,17H,3-13,16H2,1-2H3,(H2,20,21,22). The number of rotatable bonds is 11. The molecular weight excluding hydrogens is 330 g/mol. The Morgan fingerprint density at radius 2 is 2.19 bits per heavy atom. The largest absolute Gasteiger partial charge is 0.381 e. The number of ether oxygens (including phenoxy) is 2. The molecule has 0 spiro atoms. The van der Waals surface area contributed by atoms with Gasteiger partial charge < -0.3 is 20.1 Å². The number of hydrogen-bond donors (Lipinski definition) is 2. The highest BCUT2D eigenvalue weighted by Crippen LogP contribution is 2.14. The van der Waals surface area contributed by atoms with Crippen molar-refractivity contribution >= 4 is 5.96 Å². The third-order valence-electron chi connectivity index (χ3n) is 4.45. The summed E-state index contributed by atoms with van der Waals surface area (Å²) in [5.41, 5.74) is 1.27. The average molecular weight is 366 g/mol. The minimum Gasteiger partial charge on any atom is -0.381 e. The molecule has 1 aliphatic rings. The fraction of sp³-hybridized carbons (Fsp3) is 0.789. The summed E-state index contributed by atoms with van der Waals surface area (Å²) in [5, 5.41) is 10.9. The van der Waals surface area contributed by atoms with Gasteiger partial charge in [0.05, 0.1) is 6.20 Å². The van der Waals surface area contributed by atoms with E-state index in [2.05, 4.69) is 33.8 Å². The van der Waals surface area contributed by atoms with Crippen LogP contribution < -0.4 is 10.6 Å². The fourth-order valence-corrected chi connectivity index (χ4v) is 2.96. The molecule has 7 heteroatoms. The van der Waals surface area contributed by atoms with Gasteiger partial charge in [-0.2, -0.15) is 5.10 Å². The van der Waals surface area contributed by atoms with Crippen molar-refractivity contribution in [2.45, 2.75) is 39.0 Å². The van der Waals surface area contributed by atoms with E-state index in [-0.39, 0.29) is 0 Å². The van der Waals surface area contributed by atoms with Crippen LogP contribution in [0.2, 0.25) is 0 Å². The molecule has 0 unspecified atom stereocenters. The number of hydrogen-bond acceptors (Lipinski definition) is 4. The zero-order valence-corrected chi connectivity index (χ0v) is 16.4. The first-order chi connectivity index (χ1) is 12.8. The number of nitrogens with zero attached hydrogens (tertiary/aromatic N) is 3. The molecule has 0 aromatic carbocycles. The van der Waals surface area contributed by atoms with Crippen LogP contribution in [-0.2, 0) is 22.9 Å². The van der Waals surface area contributed by atoms with E-state index in [9.17, 15) is 0 Å². The van der Waals surface area contributed by atoms with Crippen molar-refractivity contribution in [3.63, 3.8) is 0 Å². The molecule has 1 aliphatic heterocycles. The second-order valence-corrected chi connectivity index (χ2v) is 6.80. The van der Waals surface area contributed by atoms with Crippen molar-refractivity contribution in [1.29, 1.82) is 0 Å². The Morgan fingerprint density at radius 3 is 2.92 bits per heavy atom. The quantitative estimate of drug-likeness (QED) is 0.355. The third kappa shape index (κ3) is 8.67. The highest BCUT2D eigenvalue weighted by molar-refractivity contribution is 5.79. The highest BCUT2D eigenvalue weighted by atomic mass is 16.5. The fourth-order valence-electron chi connectivity index (χ4n) is 2.96. The van der Waals surface area contributed by atoms with Crippen LogP contribution in [0.4, 0.5) is 0 Å². The summed E-state index contributed by atoms with van der Waals surface area (Å²) < 4.78 is 13.0. The predicted octanol–water partition coefficient (Wildman–Crippen LogP) is 1.74. The maximum atomic E-state index is 5.80. The van der Waals surface area contributed by atoms with E-state index < -0.39 is 0 Å². The van der Waals surface area contributed by atoms with Crippen molar-refractivity contribution in [3.8, 4) is 0 Å². The Hall–Kier alpha value is -1.60. The Morgan fingerprint density at radius 1 is 1.35 bits per heavy atom. The first-order valence-electron chi connectivity index (χ1n) is 9.93. The van der Waals surface area contributed by atoms with Crippen LogP contribution in [0.25, 0.3) is 0 Å². The van der Waals surface area contributed by atoms with E-state index in [0.717, 1.165) is 84.1 Å². The second kappa shape index (κ2) is 12.7. The molecule has 0 amide bonds. The Kier molecular flexibility index (Phi) is 10.1. The molecule has 2 rings (SSSR count). The molecule has 0 aliphatic carbocycles. The van der Waals surface area contributed by atoms with Crippen LogP contribution >= 0.6 is 0 Å². The lowest BCUT2D eigenvalue weighted by Crippen LogP contribution is -2.38. The summed E-state index contributed by atoms with van der Waals surface area (Å²) in [6.45, 7) is 8.08. The molecule has 1 saturated heterocycles. The first-order valence-corrected chi connectivity index (χ1v) is 9.93. The van der Waals surface area contributed by atoms with E-state index in [4.69, 9.17) is 9.47 Å². The van der Waals surface area contributed by atoms with Gasteiger partial charge in [0.1, 0.15) is 0 Å². The van der Waals surface area contributed by atoms with Gasteiger partial charge in [0.15, 0.2) is 5.96 Å². The lowest BCUT2D eigenvalue weighted by Gasteiger charge is -2.21. The van der Waals surface area contributed by atoms with Gasteiger partial charge in [0.2, 0.25) is 0 Å². The van der Waals surface area contributed by atoms with Crippen LogP contribution in [0.3, 0.4) is 0 Å². The smallest absolute Gasteiger partial charge is 0.191 e. The number of aryl methyl sites for hydroxylation is 2. The van der Waals surface area contributed by atoms with Crippen LogP contribution in [0.1, 0.15) is 38.2 Å². The molecule has 1 aromatic rings. The molecule has 148 valence electrons. The van der Waals surface area contributed by atoms with E-state index in [1.165, 1.54) is 5.56 Å². The van der Waals surface area contributed by atoms with Crippen LogP contribution in [0.5, 0.6) is 0 Å². The average Bonchev–Trinajstić information content (AvgIpc) is 3.07. The van der Waals surface area contributed by atoms with Crippen molar-refractivity contribution in [3.05, 3.63) is 18.0 Å². The summed E-state index contributed by atoms with van der Waals surface area (Å²) in [4.78, 5) is 4.64. The topological polar surface area (TPSA) is 72.7 Å². The zero-order chi connectivity index (χ0) is 18.5. The minimum atomic E-state index is 0.676. The maximum Gasteiger partial charge on any atom is 0.191 e. The molecule has 1 aromatic heterocycles. The Bertz CT molecular complexity index is 512. The summed E-state index contributed by atoms with van der Waals surface area (Å²) in [6, 6.07) is 0. The maximum absolute atomic E-state index is 5.80. The lowest BCUT2D eigenvalue weighted by atomic mass is 10.0. The lowest BCUT2D eigenvalue weighted by molar-refractivity contribution is 0.0203. The normalized spacial score (nSPS) is 16.0. The summed E-state index contributed by atoms with van der Waals surface area (Å²) >= 11 is 0.